The molecule has 2 heterocycles. The van der Waals surface area contributed by atoms with Crippen LogP contribution in [0.2, 0.25) is 0 Å². The van der Waals surface area contributed by atoms with E-state index in [-0.39, 0.29) is 0 Å². The van der Waals surface area contributed by atoms with Crippen molar-refractivity contribution in [2.45, 2.75) is 5.41 Å². The van der Waals surface area contributed by atoms with Gasteiger partial charge in [-0.05, 0) is 116 Å². The van der Waals surface area contributed by atoms with Crippen molar-refractivity contribution in [3.63, 3.8) is 0 Å². The molecule has 2 nitrogen and oxygen atoms in total. The minimum Gasteiger partial charge on any atom is -0.456 e. The summed E-state index contributed by atoms with van der Waals surface area (Å²) < 4.78 is 9.21. The van der Waals surface area contributed by atoms with Crippen molar-refractivity contribution in [1.82, 2.24) is 0 Å². The molecule has 1 unspecified atom stereocenters. The number of thiophene rings is 1. The van der Waals surface area contributed by atoms with Crippen LogP contribution in [0.1, 0.15) is 22.3 Å². The molecule has 0 aliphatic heterocycles. The van der Waals surface area contributed by atoms with Gasteiger partial charge in [0.25, 0.3) is 0 Å². The molecular weight excluding hydrogens is 795 g/mol. The molecule has 10 aromatic carbocycles. The summed E-state index contributed by atoms with van der Waals surface area (Å²) in [6.45, 7) is 0. The van der Waals surface area contributed by atoms with Crippen LogP contribution in [0, 0.1) is 0 Å². The zero-order chi connectivity index (χ0) is 41.9. The van der Waals surface area contributed by atoms with E-state index in [1.807, 2.05) is 17.4 Å². The largest absolute Gasteiger partial charge is 0.456 e. The Balaban J connectivity index is 1.09. The van der Waals surface area contributed by atoms with E-state index in [9.17, 15) is 0 Å². The van der Waals surface area contributed by atoms with Crippen LogP contribution in [0.25, 0.3) is 86.6 Å². The maximum atomic E-state index is 6.57. The number of para-hydroxylation sites is 2. The summed E-state index contributed by atoms with van der Waals surface area (Å²) in [5.74, 6) is 0. The highest BCUT2D eigenvalue weighted by molar-refractivity contribution is 7.25. The van der Waals surface area contributed by atoms with Gasteiger partial charge in [-0.15, -0.1) is 11.3 Å². The van der Waals surface area contributed by atoms with Crippen molar-refractivity contribution in [2.75, 3.05) is 4.90 Å². The average Bonchev–Trinajstić information content (AvgIpc) is 3.99. The quantitative estimate of drug-likeness (QED) is 0.176. The number of hydrogen-bond acceptors (Lipinski definition) is 3. The van der Waals surface area contributed by atoms with Crippen molar-refractivity contribution in [2.24, 2.45) is 0 Å². The van der Waals surface area contributed by atoms with E-state index in [1.54, 1.807) is 0 Å². The molecule has 64 heavy (non-hydrogen) atoms. The SMILES string of the molecule is c1ccc(-c2ccccc2N(c2ccc3c(c2)-c2ccccc2-c2ccccc2C32c3ccccc3-c3cc4sc5ccccc5c4cc32)c2ccc3c(c2)oc2ccccc23)cc1. The van der Waals surface area contributed by atoms with Gasteiger partial charge in [-0.25, -0.2) is 0 Å². The second kappa shape index (κ2) is 13.5. The van der Waals surface area contributed by atoms with Crippen LogP contribution in [0.15, 0.2) is 229 Å². The van der Waals surface area contributed by atoms with Gasteiger partial charge >= 0.3 is 0 Å². The molecule has 0 radical (unpaired) electrons. The number of rotatable bonds is 4. The van der Waals surface area contributed by atoms with Crippen LogP contribution in [0.4, 0.5) is 17.1 Å². The molecule has 14 rings (SSSR count). The lowest BCUT2D eigenvalue weighted by molar-refractivity contribution is 0.669. The Hall–Kier alpha value is -7.98. The van der Waals surface area contributed by atoms with Gasteiger partial charge in [0.05, 0.1) is 11.1 Å². The van der Waals surface area contributed by atoms with Gasteiger partial charge in [-0.2, -0.15) is 0 Å². The summed E-state index contributed by atoms with van der Waals surface area (Å²) in [7, 11) is 0. The number of anilines is 3. The highest BCUT2D eigenvalue weighted by Crippen LogP contribution is 2.63. The molecule has 0 amide bonds. The first-order chi connectivity index (χ1) is 31.7. The molecule has 0 saturated heterocycles. The maximum absolute atomic E-state index is 6.57. The van der Waals surface area contributed by atoms with Crippen LogP contribution >= 0.6 is 11.3 Å². The third-order valence-electron chi connectivity index (χ3n) is 13.9. The van der Waals surface area contributed by atoms with Crippen molar-refractivity contribution in [3.05, 3.63) is 247 Å². The summed E-state index contributed by atoms with van der Waals surface area (Å²) in [5, 5.41) is 4.86. The molecule has 12 aromatic rings. The smallest absolute Gasteiger partial charge is 0.137 e. The Morgan fingerprint density at radius 2 is 0.891 bits per heavy atom. The van der Waals surface area contributed by atoms with E-state index < -0.39 is 5.41 Å². The maximum Gasteiger partial charge on any atom is 0.137 e. The Bertz CT molecular complexity index is 3870. The van der Waals surface area contributed by atoms with Gasteiger partial charge < -0.3 is 9.32 Å². The highest BCUT2D eigenvalue weighted by atomic mass is 32.1. The van der Waals surface area contributed by atoms with Gasteiger partial charge in [-0.1, -0.05) is 164 Å². The van der Waals surface area contributed by atoms with Gasteiger partial charge in [0.15, 0.2) is 0 Å². The second-order valence-corrected chi connectivity index (χ2v) is 18.2. The molecule has 0 N–H and O–H groups in total. The lowest BCUT2D eigenvalue weighted by Gasteiger charge is -2.36. The second-order valence-electron chi connectivity index (χ2n) is 17.1. The van der Waals surface area contributed by atoms with Crippen molar-refractivity contribution in [1.29, 1.82) is 0 Å². The van der Waals surface area contributed by atoms with Crippen LogP contribution in [0.5, 0.6) is 0 Å². The Morgan fingerprint density at radius 1 is 0.328 bits per heavy atom. The Labute approximate surface area is 374 Å². The fraction of sp³-hybridized carbons (Fsp3) is 0.0164. The van der Waals surface area contributed by atoms with E-state index in [0.29, 0.717) is 0 Å². The third-order valence-corrected chi connectivity index (χ3v) is 15.0. The van der Waals surface area contributed by atoms with Crippen LogP contribution in [-0.4, -0.2) is 0 Å². The molecule has 298 valence electrons. The van der Waals surface area contributed by atoms with Crippen molar-refractivity contribution < 1.29 is 4.42 Å². The normalized spacial score (nSPS) is 14.6. The fourth-order valence-electron chi connectivity index (χ4n) is 11.3. The topological polar surface area (TPSA) is 16.4 Å². The first-order valence-corrected chi connectivity index (χ1v) is 22.8. The van der Waals surface area contributed by atoms with E-state index in [4.69, 9.17) is 4.42 Å². The Morgan fingerprint density at radius 3 is 1.70 bits per heavy atom. The van der Waals surface area contributed by atoms with Crippen LogP contribution < -0.4 is 4.90 Å². The zero-order valence-corrected chi connectivity index (χ0v) is 35.4. The molecule has 1 atom stereocenters. The summed E-state index contributed by atoms with van der Waals surface area (Å²) in [5.41, 5.74) is 19.4. The number of fused-ring (bicyclic) bond motifs is 18. The van der Waals surface area contributed by atoms with E-state index in [1.165, 1.54) is 75.8 Å². The minimum absolute atomic E-state index is 0.605. The number of hydrogen-bond donors (Lipinski definition) is 0. The molecule has 2 aromatic heterocycles. The summed E-state index contributed by atoms with van der Waals surface area (Å²) in [6, 6.07) is 83.1. The van der Waals surface area contributed by atoms with Gasteiger partial charge in [0, 0.05) is 53.9 Å². The standard InChI is InChI=1S/C61H37NOS/c1-2-16-38(17-3-1)41-18-8-13-27-56(41)62(40-30-32-47-46-23-9-14-28-57(46)63-58(47)35-40)39-31-33-54-49(34-39)43-20-5-4-19-42(43)44-21-6-11-25-52(44)61(54)53-26-12-7-22-45(53)50-37-60-51(36-55(50)61)48-24-10-15-29-59(48)64-60/h1-37H. The van der Waals surface area contributed by atoms with Crippen molar-refractivity contribution >= 4 is 70.5 Å². The molecule has 2 aliphatic rings. The first-order valence-electron chi connectivity index (χ1n) is 22.0. The molecule has 1 spiro atoms. The van der Waals surface area contributed by atoms with Crippen LogP contribution in [0.3, 0.4) is 0 Å². The zero-order valence-electron chi connectivity index (χ0n) is 34.6. The number of benzene rings is 10. The summed E-state index contributed by atoms with van der Waals surface area (Å²) in [4.78, 5) is 2.43. The molecule has 3 heteroatoms. The van der Waals surface area contributed by atoms with E-state index in [2.05, 4.69) is 223 Å². The summed E-state index contributed by atoms with van der Waals surface area (Å²) in [6.07, 6.45) is 0. The predicted octanol–water partition coefficient (Wildman–Crippen LogP) is 17.1. The monoisotopic (exact) mass is 831 g/mol. The number of furan rings is 1. The molecule has 0 fully saturated rings. The molecule has 2 aliphatic carbocycles. The Kier molecular flexibility index (Phi) is 7.51. The molecule has 0 saturated carbocycles. The first kappa shape index (κ1) is 35.6. The third kappa shape index (κ3) is 4.90. The predicted molar refractivity (Wildman–Crippen MR) is 268 cm³/mol. The highest BCUT2D eigenvalue weighted by Gasteiger charge is 2.50. The minimum atomic E-state index is -0.605. The van der Waals surface area contributed by atoms with Gasteiger partial charge in [-0.3, -0.25) is 0 Å². The molecule has 0 bridgehead atoms. The van der Waals surface area contributed by atoms with Crippen LogP contribution in [-0.2, 0) is 5.41 Å². The van der Waals surface area contributed by atoms with Gasteiger partial charge in [0.1, 0.15) is 11.2 Å². The lowest BCUT2D eigenvalue weighted by atomic mass is 9.65. The number of nitrogens with zero attached hydrogens (tertiary/aromatic N) is 1. The van der Waals surface area contributed by atoms with E-state index in [0.717, 1.165) is 50.1 Å². The van der Waals surface area contributed by atoms with Gasteiger partial charge in [0.2, 0.25) is 0 Å². The lowest BCUT2D eigenvalue weighted by Crippen LogP contribution is -2.29. The molecular formula is C61H37NOS. The van der Waals surface area contributed by atoms with E-state index >= 15 is 0 Å². The fourth-order valence-corrected chi connectivity index (χ4v) is 12.4. The average molecular weight is 832 g/mol. The summed E-state index contributed by atoms with van der Waals surface area (Å²) >= 11 is 1.89. The van der Waals surface area contributed by atoms with Crippen molar-refractivity contribution in [3.8, 4) is 44.5 Å².